The van der Waals surface area contributed by atoms with E-state index in [0.29, 0.717) is 18.3 Å². The maximum Gasteiger partial charge on any atom is 0.303 e. The zero-order valence-corrected chi connectivity index (χ0v) is 10.5. The molecule has 4 nitrogen and oxygen atoms in total. The number of benzene rings is 1. The Morgan fingerprint density at radius 2 is 2.17 bits per heavy atom. The van der Waals surface area contributed by atoms with Crippen LogP contribution in [-0.4, -0.2) is 24.3 Å². The van der Waals surface area contributed by atoms with Gasteiger partial charge in [0.2, 0.25) is 0 Å². The third-order valence-corrected chi connectivity index (χ3v) is 3.20. The lowest BCUT2D eigenvalue weighted by atomic mass is 9.96. The van der Waals surface area contributed by atoms with Crippen molar-refractivity contribution in [2.45, 2.75) is 38.2 Å². The molecule has 0 radical (unpaired) electrons. The first kappa shape index (κ1) is 12.7. The smallest absolute Gasteiger partial charge is 0.303 e. The zero-order valence-electron chi connectivity index (χ0n) is 10.5. The molecular weight excluding hydrogens is 232 g/mol. The van der Waals surface area contributed by atoms with Gasteiger partial charge in [-0.2, -0.15) is 0 Å². The summed E-state index contributed by atoms with van der Waals surface area (Å²) in [4.78, 5) is 10.5. The zero-order chi connectivity index (χ0) is 13.0. The molecule has 0 aliphatic heterocycles. The number of hydrogen-bond donors (Lipinski definition) is 1. The number of carboxylic acids is 1. The van der Waals surface area contributed by atoms with E-state index in [1.165, 1.54) is 6.42 Å². The second kappa shape index (κ2) is 5.76. The summed E-state index contributed by atoms with van der Waals surface area (Å²) in [5, 5.41) is 8.66. The van der Waals surface area contributed by atoms with Crippen LogP contribution < -0.4 is 9.47 Å². The predicted molar refractivity (Wildman–Crippen MR) is 67.2 cm³/mol. The maximum absolute atomic E-state index is 10.5. The summed E-state index contributed by atoms with van der Waals surface area (Å²) in [6.07, 6.45) is 4.38. The van der Waals surface area contributed by atoms with Crippen molar-refractivity contribution in [3.8, 4) is 11.5 Å². The predicted octanol–water partition coefficient (Wildman–Crippen LogP) is 2.64. The minimum atomic E-state index is -0.788. The highest BCUT2D eigenvalue weighted by Crippen LogP contribution is 2.33. The van der Waals surface area contributed by atoms with E-state index >= 15 is 0 Å². The lowest BCUT2D eigenvalue weighted by Crippen LogP contribution is -2.24. The Bertz CT molecular complexity index is 424. The Labute approximate surface area is 107 Å². The molecule has 1 N–H and O–H groups in total. The molecule has 2 rings (SSSR count). The average Bonchev–Trinajstić information content (AvgIpc) is 2.31. The molecule has 98 valence electrons. The largest absolute Gasteiger partial charge is 0.493 e. The van der Waals surface area contributed by atoms with Crippen molar-refractivity contribution in [3.63, 3.8) is 0 Å². The monoisotopic (exact) mass is 250 g/mol. The van der Waals surface area contributed by atoms with Gasteiger partial charge in [-0.05, 0) is 43.4 Å². The summed E-state index contributed by atoms with van der Waals surface area (Å²) < 4.78 is 11.1. The highest BCUT2D eigenvalue weighted by molar-refractivity contribution is 5.67. The van der Waals surface area contributed by atoms with Gasteiger partial charge >= 0.3 is 5.97 Å². The van der Waals surface area contributed by atoms with E-state index in [-0.39, 0.29) is 6.42 Å². The lowest BCUT2D eigenvalue weighted by Gasteiger charge is -2.27. The van der Waals surface area contributed by atoms with Crippen molar-refractivity contribution in [2.75, 3.05) is 7.11 Å². The molecule has 0 amide bonds. The lowest BCUT2D eigenvalue weighted by molar-refractivity contribution is -0.136. The van der Waals surface area contributed by atoms with Gasteiger partial charge in [0.1, 0.15) is 0 Å². The van der Waals surface area contributed by atoms with Gasteiger partial charge in [0.15, 0.2) is 11.5 Å². The highest BCUT2D eigenvalue weighted by Gasteiger charge is 2.20. The number of carbonyl (C=O) groups is 1. The Morgan fingerprint density at radius 1 is 1.39 bits per heavy atom. The second-order valence-electron chi connectivity index (χ2n) is 4.55. The van der Waals surface area contributed by atoms with E-state index < -0.39 is 5.97 Å². The van der Waals surface area contributed by atoms with Crippen LogP contribution in [0.1, 0.15) is 31.2 Å². The molecule has 1 aliphatic carbocycles. The summed E-state index contributed by atoms with van der Waals surface area (Å²) in [6.45, 7) is 0. The quantitative estimate of drug-likeness (QED) is 0.843. The van der Waals surface area contributed by atoms with Crippen LogP contribution in [0, 0.1) is 0 Å². The first-order chi connectivity index (χ1) is 8.69. The first-order valence-electron chi connectivity index (χ1n) is 6.24. The molecule has 0 unspecified atom stereocenters. The fraction of sp³-hybridized carbons (Fsp3) is 0.500. The van der Waals surface area contributed by atoms with E-state index in [2.05, 4.69) is 0 Å². The van der Waals surface area contributed by atoms with Crippen molar-refractivity contribution in [1.29, 1.82) is 0 Å². The Morgan fingerprint density at radius 3 is 2.72 bits per heavy atom. The minimum Gasteiger partial charge on any atom is -0.493 e. The van der Waals surface area contributed by atoms with Crippen LogP contribution in [0.2, 0.25) is 0 Å². The second-order valence-corrected chi connectivity index (χ2v) is 4.55. The van der Waals surface area contributed by atoms with Gasteiger partial charge in [0.25, 0.3) is 0 Å². The van der Waals surface area contributed by atoms with E-state index in [1.54, 1.807) is 7.11 Å². The van der Waals surface area contributed by atoms with Gasteiger partial charge in [-0.3, -0.25) is 4.79 Å². The van der Waals surface area contributed by atoms with E-state index in [9.17, 15) is 4.79 Å². The fourth-order valence-corrected chi connectivity index (χ4v) is 1.88. The summed E-state index contributed by atoms with van der Waals surface area (Å²) in [5.74, 6) is 0.648. The average molecular weight is 250 g/mol. The van der Waals surface area contributed by atoms with Crippen molar-refractivity contribution in [1.82, 2.24) is 0 Å². The molecule has 0 aromatic heterocycles. The Balaban J connectivity index is 2.04. The van der Waals surface area contributed by atoms with Gasteiger partial charge in [-0.25, -0.2) is 0 Å². The van der Waals surface area contributed by atoms with E-state index in [1.807, 2.05) is 18.2 Å². The Hall–Kier alpha value is -1.71. The van der Waals surface area contributed by atoms with Crippen LogP contribution in [0.5, 0.6) is 11.5 Å². The van der Waals surface area contributed by atoms with Gasteiger partial charge in [-0.15, -0.1) is 0 Å². The van der Waals surface area contributed by atoms with Gasteiger partial charge in [-0.1, -0.05) is 6.07 Å². The molecule has 0 saturated heterocycles. The van der Waals surface area contributed by atoms with Crippen molar-refractivity contribution >= 4 is 5.97 Å². The van der Waals surface area contributed by atoms with Gasteiger partial charge in [0.05, 0.1) is 13.2 Å². The molecular formula is C14H18O4. The summed E-state index contributed by atoms with van der Waals surface area (Å²) in [6, 6.07) is 5.63. The number of carboxylic acid groups (broad SMARTS) is 1. The van der Waals surface area contributed by atoms with Gasteiger partial charge in [0, 0.05) is 6.42 Å². The van der Waals surface area contributed by atoms with Crippen LogP contribution in [-0.2, 0) is 11.2 Å². The number of methoxy groups -OCH3 is 1. The van der Waals surface area contributed by atoms with Crippen LogP contribution in [0.15, 0.2) is 18.2 Å². The fourth-order valence-electron chi connectivity index (χ4n) is 1.88. The molecule has 1 aromatic carbocycles. The van der Waals surface area contributed by atoms with Crippen LogP contribution in [0.4, 0.5) is 0 Å². The summed E-state index contributed by atoms with van der Waals surface area (Å²) in [5.41, 5.74) is 0.954. The molecule has 18 heavy (non-hydrogen) atoms. The molecule has 1 fully saturated rings. The third kappa shape index (κ3) is 3.15. The number of aliphatic carboxylic acids is 1. The standard InChI is InChI=1S/C14H18O4/c1-17-13-9-10(6-8-14(15)16)5-7-12(13)18-11-3-2-4-11/h5,7,9,11H,2-4,6,8H2,1H3,(H,15,16). The normalized spacial score (nSPS) is 14.9. The molecule has 1 aromatic rings. The number of aryl methyl sites for hydroxylation is 1. The molecule has 0 heterocycles. The third-order valence-electron chi connectivity index (χ3n) is 3.20. The summed E-state index contributed by atoms with van der Waals surface area (Å²) in [7, 11) is 1.60. The molecule has 1 saturated carbocycles. The van der Waals surface area contributed by atoms with Crippen LogP contribution in [0.25, 0.3) is 0 Å². The number of ether oxygens (including phenoxy) is 2. The van der Waals surface area contributed by atoms with Crippen LogP contribution >= 0.6 is 0 Å². The molecule has 0 atom stereocenters. The van der Waals surface area contributed by atoms with Crippen molar-refractivity contribution < 1.29 is 19.4 Å². The van der Waals surface area contributed by atoms with E-state index in [4.69, 9.17) is 14.6 Å². The SMILES string of the molecule is COc1cc(CCC(=O)O)ccc1OC1CCC1. The number of rotatable bonds is 6. The van der Waals surface area contributed by atoms with Crippen molar-refractivity contribution in [3.05, 3.63) is 23.8 Å². The molecule has 0 spiro atoms. The maximum atomic E-state index is 10.5. The first-order valence-corrected chi connectivity index (χ1v) is 6.24. The van der Waals surface area contributed by atoms with E-state index in [0.717, 1.165) is 24.2 Å². The van der Waals surface area contributed by atoms with Gasteiger partial charge < -0.3 is 14.6 Å². The number of hydrogen-bond acceptors (Lipinski definition) is 3. The minimum absolute atomic E-state index is 0.131. The topological polar surface area (TPSA) is 55.8 Å². The van der Waals surface area contributed by atoms with Crippen LogP contribution in [0.3, 0.4) is 0 Å². The summed E-state index contributed by atoms with van der Waals surface area (Å²) >= 11 is 0. The molecule has 0 bridgehead atoms. The highest BCUT2D eigenvalue weighted by atomic mass is 16.5. The van der Waals surface area contributed by atoms with Crippen molar-refractivity contribution in [2.24, 2.45) is 0 Å². The molecule has 4 heteroatoms. The molecule has 1 aliphatic rings. The Kier molecular flexibility index (Phi) is 4.07.